The van der Waals surface area contributed by atoms with Gasteiger partial charge in [0.2, 0.25) is 0 Å². The molecule has 186 valence electrons. The SMILES string of the molecule is O=C(O)Cc1ccc(C(=O)N(Cc2ccccc2)Cc2ccc(Oc3ccccc3)cc2)cc1C(=O)O. The van der Waals surface area contributed by atoms with Crippen LogP contribution in [0.15, 0.2) is 103 Å². The molecule has 0 aromatic heterocycles. The van der Waals surface area contributed by atoms with Crippen LogP contribution in [0.2, 0.25) is 0 Å². The smallest absolute Gasteiger partial charge is 0.336 e. The summed E-state index contributed by atoms with van der Waals surface area (Å²) in [6.45, 7) is 0.583. The number of carbonyl (C=O) groups excluding carboxylic acids is 1. The lowest BCUT2D eigenvalue weighted by Crippen LogP contribution is -2.30. The first-order chi connectivity index (χ1) is 17.9. The van der Waals surface area contributed by atoms with E-state index in [4.69, 9.17) is 9.84 Å². The molecule has 0 heterocycles. The molecule has 7 heteroatoms. The molecule has 2 N–H and O–H groups in total. The number of carboxylic acids is 2. The highest BCUT2D eigenvalue weighted by molar-refractivity contribution is 5.98. The lowest BCUT2D eigenvalue weighted by atomic mass is 10.0. The Labute approximate surface area is 214 Å². The number of hydrogen-bond donors (Lipinski definition) is 2. The summed E-state index contributed by atoms with van der Waals surface area (Å²) in [6.07, 6.45) is -0.443. The maximum atomic E-state index is 13.6. The second-order valence-corrected chi connectivity index (χ2v) is 8.45. The normalized spacial score (nSPS) is 10.5. The van der Waals surface area contributed by atoms with Crippen LogP contribution in [0.1, 0.15) is 37.4 Å². The standard InChI is InChI=1S/C30H25NO6/c32-28(33)18-23-13-14-24(17-27(23)30(35)36)29(34)31(19-21-7-3-1-4-8-21)20-22-11-15-26(16-12-22)37-25-9-5-2-6-10-25/h1-17H,18-20H2,(H,32,33)(H,35,36). The zero-order valence-electron chi connectivity index (χ0n) is 19.9. The molecule has 0 unspecified atom stereocenters. The summed E-state index contributed by atoms with van der Waals surface area (Å²) in [5, 5.41) is 18.7. The van der Waals surface area contributed by atoms with Gasteiger partial charge < -0.3 is 19.8 Å². The van der Waals surface area contributed by atoms with Crippen LogP contribution in [-0.4, -0.2) is 33.0 Å². The summed E-state index contributed by atoms with van der Waals surface area (Å²) >= 11 is 0. The zero-order chi connectivity index (χ0) is 26.2. The van der Waals surface area contributed by atoms with Gasteiger partial charge in [-0.05, 0) is 53.1 Å². The molecule has 0 aliphatic carbocycles. The highest BCUT2D eigenvalue weighted by Crippen LogP contribution is 2.23. The van der Waals surface area contributed by atoms with Gasteiger partial charge in [0.05, 0.1) is 12.0 Å². The zero-order valence-corrected chi connectivity index (χ0v) is 19.9. The summed E-state index contributed by atoms with van der Waals surface area (Å²) in [7, 11) is 0. The fraction of sp³-hybridized carbons (Fsp3) is 0.100. The van der Waals surface area contributed by atoms with Gasteiger partial charge in [-0.15, -0.1) is 0 Å². The largest absolute Gasteiger partial charge is 0.481 e. The molecule has 0 saturated heterocycles. The van der Waals surface area contributed by atoms with Crippen LogP contribution >= 0.6 is 0 Å². The lowest BCUT2D eigenvalue weighted by Gasteiger charge is -2.24. The van der Waals surface area contributed by atoms with Gasteiger partial charge in [0, 0.05) is 18.7 Å². The number of hydrogen-bond acceptors (Lipinski definition) is 4. The van der Waals surface area contributed by atoms with Gasteiger partial charge in [0.25, 0.3) is 5.91 Å². The first-order valence-corrected chi connectivity index (χ1v) is 11.6. The summed E-state index contributed by atoms with van der Waals surface area (Å²) in [4.78, 5) is 38.1. The van der Waals surface area contributed by atoms with E-state index in [1.54, 1.807) is 4.90 Å². The number of rotatable bonds is 10. The van der Waals surface area contributed by atoms with Crippen molar-refractivity contribution in [2.45, 2.75) is 19.5 Å². The molecule has 37 heavy (non-hydrogen) atoms. The minimum absolute atomic E-state index is 0.139. The Kier molecular flexibility index (Phi) is 7.95. The van der Waals surface area contributed by atoms with Crippen molar-refractivity contribution in [3.63, 3.8) is 0 Å². The van der Waals surface area contributed by atoms with E-state index in [-0.39, 0.29) is 29.1 Å². The monoisotopic (exact) mass is 495 g/mol. The molecule has 0 fully saturated rings. The van der Waals surface area contributed by atoms with Crippen LogP contribution < -0.4 is 4.74 Å². The van der Waals surface area contributed by atoms with Gasteiger partial charge in [-0.2, -0.15) is 0 Å². The third kappa shape index (κ3) is 6.82. The van der Waals surface area contributed by atoms with Crippen LogP contribution in [-0.2, 0) is 24.3 Å². The lowest BCUT2D eigenvalue weighted by molar-refractivity contribution is -0.136. The van der Waals surface area contributed by atoms with Crippen molar-refractivity contribution in [1.82, 2.24) is 4.90 Å². The molecule has 0 bridgehead atoms. The number of nitrogens with zero attached hydrogens (tertiary/aromatic N) is 1. The van der Waals surface area contributed by atoms with E-state index < -0.39 is 18.4 Å². The Morgan fingerprint density at radius 1 is 0.676 bits per heavy atom. The van der Waals surface area contributed by atoms with E-state index in [9.17, 15) is 19.5 Å². The Balaban J connectivity index is 1.59. The van der Waals surface area contributed by atoms with Gasteiger partial charge in [-0.25, -0.2) is 4.79 Å². The number of aromatic carboxylic acids is 1. The molecular weight excluding hydrogens is 470 g/mol. The van der Waals surface area contributed by atoms with Crippen LogP contribution in [0, 0.1) is 0 Å². The first-order valence-electron chi connectivity index (χ1n) is 11.6. The van der Waals surface area contributed by atoms with Gasteiger partial charge in [0.1, 0.15) is 11.5 Å². The molecule has 0 saturated carbocycles. The molecule has 0 atom stereocenters. The fourth-order valence-corrected chi connectivity index (χ4v) is 3.92. The summed E-state index contributed by atoms with van der Waals surface area (Å²) < 4.78 is 5.85. The van der Waals surface area contributed by atoms with Crippen molar-refractivity contribution in [2.24, 2.45) is 0 Å². The van der Waals surface area contributed by atoms with Gasteiger partial charge in [-0.3, -0.25) is 9.59 Å². The number of ether oxygens (including phenoxy) is 1. The molecule has 0 radical (unpaired) electrons. The topological polar surface area (TPSA) is 104 Å². The average Bonchev–Trinajstić information content (AvgIpc) is 2.90. The number of amides is 1. The van der Waals surface area contributed by atoms with E-state index in [0.29, 0.717) is 12.3 Å². The number of carboxylic acid groups (broad SMARTS) is 2. The number of aliphatic carboxylic acids is 1. The number of benzene rings is 4. The summed E-state index contributed by atoms with van der Waals surface area (Å²) in [5.41, 5.74) is 1.90. The Morgan fingerprint density at radius 2 is 1.24 bits per heavy atom. The molecule has 4 aromatic carbocycles. The molecule has 0 spiro atoms. The van der Waals surface area contributed by atoms with Gasteiger partial charge >= 0.3 is 11.9 Å². The molecule has 4 aromatic rings. The number of para-hydroxylation sites is 1. The fourth-order valence-electron chi connectivity index (χ4n) is 3.92. The highest BCUT2D eigenvalue weighted by atomic mass is 16.5. The predicted octanol–water partition coefficient (Wildman–Crippen LogP) is 5.65. The minimum atomic E-state index is -1.28. The first kappa shape index (κ1) is 25.2. The maximum absolute atomic E-state index is 13.6. The van der Waals surface area contributed by atoms with Crippen molar-refractivity contribution in [1.29, 1.82) is 0 Å². The Hall–Kier alpha value is -4.91. The predicted molar refractivity (Wildman–Crippen MR) is 138 cm³/mol. The second-order valence-electron chi connectivity index (χ2n) is 8.45. The van der Waals surface area contributed by atoms with Crippen LogP contribution in [0.4, 0.5) is 0 Å². The summed E-state index contributed by atoms with van der Waals surface area (Å²) in [5.74, 6) is -1.41. The van der Waals surface area contributed by atoms with Gasteiger partial charge in [-0.1, -0.05) is 66.7 Å². The molecule has 4 rings (SSSR count). The molecule has 0 aliphatic rings. The van der Waals surface area contributed by atoms with Crippen molar-refractivity contribution in [2.75, 3.05) is 0 Å². The Morgan fingerprint density at radius 3 is 1.84 bits per heavy atom. The van der Waals surface area contributed by atoms with E-state index >= 15 is 0 Å². The maximum Gasteiger partial charge on any atom is 0.336 e. The molecular formula is C30H25NO6. The van der Waals surface area contributed by atoms with Crippen LogP contribution in [0.5, 0.6) is 11.5 Å². The molecule has 7 nitrogen and oxygen atoms in total. The molecule has 1 amide bonds. The van der Waals surface area contributed by atoms with Crippen molar-refractivity contribution in [3.05, 3.63) is 131 Å². The minimum Gasteiger partial charge on any atom is -0.481 e. The quantitative estimate of drug-likeness (QED) is 0.295. The number of carbonyl (C=O) groups is 3. The van der Waals surface area contributed by atoms with E-state index in [0.717, 1.165) is 16.9 Å². The van der Waals surface area contributed by atoms with Crippen LogP contribution in [0.25, 0.3) is 0 Å². The third-order valence-electron chi connectivity index (χ3n) is 5.71. The highest BCUT2D eigenvalue weighted by Gasteiger charge is 2.21. The van der Waals surface area contributed by atoms with E-state index in [1.807, 2.05) is 84.9 Å². The summed E-state index contributed by atoms with van der Waals surface area (Å²) in [6, 6.07) is 30.4. The van der Waals surface area contributed by atoms with Crippen molar-refractivity contribution in [3.8, 4) is 11.5 Å². The van der Waals surface area contributed by atoms with Crippen molar-refractivity contribution >= 4 is 17.8 Å². The van der Waals surface area contributed by atoms with Crippen LogP contribution in [0.3, 0.4) is 0 Å². The second kappa shape index (κ2) is 11.7. The molecule has 0 aliphatic heterocycles. The Bertz CT molecular complexity index is 1390. The van der Waals surface area contributed by atoms with E-state index in [2.05, 4.69) is 0 Å². The third-order valence-corrected chi connectivity index (χ3v) is 5.71. The van der Waals surface area contributed by atoms with E-state index in [1.165, 1.54) is 18.2 Å². The average molecular weight is 496 g/mol. The van der Waals surface area contributed by atoms with Gasteiger partial charge in [0.15, 0.2) is 0 Å². The van der Waals surface area contributed by atoms with Crippen molar-refractivity contribution < 1.29 is 29.3 Å².